The summed E-state index contributed by atoms with van der Waals surface area (Å²) in [4.78, 5) is 20.7. The van der Waals surface area contributed by atoms with Crippen molar-refractivity contribution in [1.29, 1.82) is 0 Å². The minimum absolute atomic E-state index is 0.325. The summed E-state index contributed by atoms with van der Waals surface area (Å²) in [5.74, 6) is 0.658. The fourth-order valence-corrected chi connectivity index (χ4v) is 6.35. The van der Waals surface area contributed by atoms with Gasteiger partial charge in [-0.15, -0.1) is 11.3 Å². The molecule has 0 unspecified atom stereocenters. The molecule has 4 rings (SSSR count). The molecular weight excluding hydrogens is 557 g/mol. The van der Waals surface area contributed by atoms with Gasteiger partial charge in [0, 0.05) is 50.2 Å². The first-order valence-electron chi connectivity index (χ1n) is 13.8. The number of hydrogen-bond donors (Lipinski definition) is 2. The number of carbonyl (C=O) groups excluding carboxylic acids is 1. The maximum atomic E-state index is 10.8. The van der Waals surface area contributed by atoms with Crippen LogP contribution < -0.4 is 10.6 Å². The monoisotopic (exact) mass is 596 g/mol. The zero-order valence-corrected chi connectivity index (χ0v) is 26.5. The molecule has 10 nitrogen and oxygen atoms in total. The second-order valence-corrected chi connectivity index (χ2v) is 13.0. The van der Waals surface area contributed by atoms with Crippen LogP contribution in [0.3, 0.4) is 0 Å². The molecule has 2 N–H and O–H groups in total. The topological polar surface area (TPSA) is 102 Å². The molecule has 220 valence electrons. The van der Waals surface area contributed by atoms with Crippen molar-refractivity contribution >= 4 is 51.7 Å². The van der Waals surface area contributed by atoms with Gasteiger partial charge in [0.15, 0.2) is 11.5 Å². The molecule has 12 heteroatoms. The highest BCUT2D eigenvalue weighted by atomic mass is 32.2. The lowest BCUT2D eigenvalue weighted by Crippen LogP contribution is -2.21. The van der Waals surface area contributed by atoms with Crippen molar-refractivity contribution in [2.45, 2.75) is 57.8 Å². The third-order valence-corrected chi connectivity index (χ3v) is 8.96. The van der Waals surface area contributed by atoms with E-state index in [1.54, 1.807) is 28.0 Å². The molecule has 0 aliphatic carbocycles. The van der Waals surface area contributed by atoms with E-state index in [4.69, 9.17) is 14.7 Å². The summed E-state index contributed by atoms with van der Waals surface area (Å²) in [6.45, 7) is 15.4. The van der Waals surface area contributed by atoms with E-state index in [0.29, 0.717) is 31.8 Å². The second-order valence-electron chi connectivity index (χ2n) is 10.6. The largest absolute Gasteiger partial charge is 0.371 e. The van der Waals surface area contributed by atoms with Gasteiger partial charge in [-0.1, -0.05) is 19.9 Å². The van der Waals surface area contributed by atoms with Crippen LogP contribution in [0.2, 0.25) is 0 Å². The number of aryl methyl sites for hydroxylation is 2. The van der Waals surface area contributed by atoms with Gasteiger partial charge in [-0.3, -0.25) is 13.9 Å². The molecule has 0 aromatic carbocycles. The first-order chi connectivity index (χ1) is 19.6. The molecule has 0 fully saturated rings. The van der Waals surface area contributed by atoms with Crippen LogP contribution in [-0.4, -0.2) is 66.7 Å². The highest BCUT2D eigenvalue weighted by Crippen LogP contribution is 2.38. The van der Waals surface area contributed by atoms with E-state index in [1.807, 2.05) is 52.6 Å². The van der Waals surface area contributed by atoms with E-state index < -0.39 is 0 Å². The summed E-state index contributed by atoms with van der Waals surface area (Å²) in [5, 5.41) is 11.7. The highest BCUT2D eigenvalue weighted by molar-refractivity contribution is 7.99. The SMILES string of the molecule is CCN(CC)Sc1sc(Nc2nc(/C(=C/CCNC=O)COC(C)(C)C)cn3c(-c4cnn(C)c4)cnc23)cc1C. The zero-order chi connectivity index (χ0) is 29.6. The van der Waals surface area contributed by atoms with Gasteiger partial charge in [-0.2, -0.15) is 5.10 Å². The number of ether oxygens (including phenoxy) is 1. The molecule has 0 aliphatic heterocycles. The maximum absolute atomic E-state index is 10.8. The third-order valence-electron chi connectivity index (χ3n) is 6.28. The molecule has 0 atom stereocenters. The number of amides is 1. The lowest BCUT2D eigenvalue weighted by molar-refractivity contribution is -0.109. The molecule has 4 aromatic heterocycles. The van der Waals surface area contributed by atoms with Gasteiger partial charge in [0.2, 0.25) is 6.41 Å². The number of thiophene rings is 1. The van der Waals surface area contributed by atoms with Crippen LogP contribution in [0.1, 0.15) is 52.3 Å². The zero-order valence-electron chi connectivity index (χ0n) is 24.9. The standard InChI is InChI=1S/C29H40N8O2S2/c1-8-36(9-2)41-28-20(3)13-25(40-28)34-26-27-31-15-24(22-14-32-35(7)16-22)37(27)17-23(33-26)21(11-10-12-30-19-38)18-39-29(4,5)6/h11,13-17,19H,8-10,12,18H2,1-7H3,(H,30,38)(H,33,34)/b21-11+. The minimum atomic E-state index is -0.325. The molecule has 0 spiro atoms. The number of imidazole rings is 1. The summed E-state index contributed by atoms with van der Waals surface area (Å²) < 4.78 is 13.6. The predicted octanol–water partition coefficient (Wildman–Crippen LogP) is 5.93. The van der Waals surface area contributed by atoms with Crippen LogP contribution in [-0.2, 0) is 16.6 Å². The van der Waals surface area contributed by atoms with Gasteiger partial charge in [-0.05, 0) is 57.7 Å². The Morgan fingerprint density at radius 2 is 2.00 bits per heavy atom. The van der Waals surface area contributed by atoms with Gasteiger partial charge >= 0.3 is 0 Å². The number of carbonyl (C=O) groups is 1. The summed E-state index contributed by atoms with van der Waals surface area (Å²) in [5.41, 5.74) is 5.19. The molecule has 0 aliphatic rings. The maximum Gasteiger partial charge on any atom is 0.207 e. The average molecular weight is 597 g/mol. The first-order valence-corrected chi connectivity index (χ1v) is 15.4. The first kappa shape index (κ1) is 30.8. The predicted molar refractivity (Wildman–Crippen MR) is 169 cm³/mol. The Bertz CT molecular complexity index is 1490. The van der Waals surface area contributed by atoms with Gasteiger partial charge in [0.25, 0.3) is 0 Å². The van der Waals surface area contributed by atoms with Crippen LogP contribution >= 0.6 is 23.3 Å². The number of fused-ring (bicyclic) bond motifs is 1. The van der Waals surface area contributed by atoms with Crippen molar-refractivity contribution in [2.75, 3.05) is 31.6 Å². The van der Waals surface area contributed by atoms with Crippen LogP contribution in [0.5, 0.6) is 0 Å². The fourth-order valence-electron chi connectivity index (χ4n) is 4.12. The van der Waals surface area contributed by atoms with E-state index >= 15 is 0 Å². The van der Waals surface area contributed by atoms with E-state index in [9.17, 15) is 4.79 Å². The summed E-state index contributed by atoms with van der Waals surface area (Å²) >= 11 is 3.50. The Balaban J connectivity index is 1.79. The molecule has 0 bridgehead atoms. The average Bonchev–Trinajstić information content (AvgIpc) is 3.64. The molecule has 0 radical (unpaired) electrons. The molecule has 0 saturated carbocycles. The summed E-state index contributed by atoms with van der Waals surface area (Å²) in [7, 11) is 1.90. The van der Waals surface area contributed by atoms with Crippen molar-refractivity contribution in [3.63, 3.8) is 0 Å². The van der Waals surface area contributed by atoms with Gasteiger partial charge < -0.3 is 15.4 Å². The fraction of sp³-hybridized carbons (Fsp3) is 0.448. The minimum Gasteiger partial charge on any atom is -0.371 e. The Kier molecular flexibility index (Phi) is 10.2. The molecule has 4 aromatic rings. The molecule has 4 heterocycles. The number of nitrogens with one attached hydrogen (secondary N) is 2. The van der Waals surface area contributed by atoms with Gasteiger partial charge in [-0.25, -0.2) is 14.3 Å². The highest BCUT2D eigenvalue weighted by Gasteiger charge is 2.19. The summed E-state index contributed by atoms with van der Waals surface area (Å²) in [6.07, 6.45) is 11.1. The lowest BCUT2D eigenvalue weighted by Gasteiger charge is -2.21. The second kappa shape index (κ2) is 13.6. The number of anilines is 2. The van der Waals surface area contributed by atoms with E-state index in [1.165, 1.54) is 9.77 Å². The van der Waals surface area contributed by atoms with Crippen LogP contribution in [0.15, 0.2) is 41.1 Å². The van der Waals surface area contributed by atoms with Gasteiger partial charge in [0.05, 0.1) is 45.2 Å². The van der Waals surface area contributed by atoms with Crippen molar-refractivity contribution in [2.24, 2.45) is 7.05 Å². The molecule has 0 saturated heterocycles. The molecular formula is C29H40N8O2S2. The smallest absolute Gasteiger partial charge is 0.207 e. The number of rotatable bonds is 14. The van der Waals surface area contributed by atoms with E-state index in [2.05, 4.69) is 57.4 Å². The van der Waals surface area contributed by atoms with Crippen LogP contribution in [0.25, 0.3) is 22.5 Å². The Morgan fingerprint density at radius 1 is 1.22 bits per heavy atom. The molecule has 1 amide bonds. The van der Waals surface area contributed by atoms with Crippen molar-refractivity contribution in [3.8, 4) is 11.3 Å². The van der Waals surface area contributed by atoms with Crippen molar-refractivity contribution < 1.29 is 9.53 Å². The number of hydrogen-bond acceptors (Lipinski definition) is 9. The number of aromatic nitrogens is 5. The normalized spacial score (nSPS) is 12.4. The van der Waals surface area contributed by atoms with Crippen molar-refractivity contribution in [1.82, 2.24) is 33.8 Å². The quantitative estimate of drug-likeness (QED) is 0.105. The lowest BCUT2D eigenvalue weighted by atomic mass is 10.1. The Labute approximate surface area is 250 Å². The summed E-state index contributed by atoms with van der Waals surface area (Å²) in [6, 6.07) is 2.16. The van der Waals surface area contributed by atoms with E-state index in [-0.39, 0.29) is 5.60 Å². The van der Waals surface area contributed by atoms with Crippen molar-refractivity contribution in [3.05, 3.63) is 48.2 Å². The number of nitrogens with zero attached hydrogens (tertiary/aromatic N) is 6. The van der Waals surface area contributed by atoms with Gasteiger partial charge in [0.1, 0.15) is 0 Å². The third kappa shape index (κ3) is 7.97. The van der Waals surface area contributed by atoms with Crippen LogP contribution in [0.4, 0.5) is 10.8 Å². The van der Waals surface area contributed by atoms with E-state index in [0.717, 1.165) is 46.3 Å². The Hall–Kier alpha value is -3.19. The molecule has 41 heavy (non-hydrogen) atoms. The van der Waals surface area contributed by atoms with Crippen LogP contribution in [0, 0.1) is 6.92 Å². The Morgan fingerprint density at radius 3 is 2.66 bits per heavy atom.